The Labute approximate surface area is 138 Å². The smallest absolute Gasteiger partial charge is 0.323 e. The van der Waals surface area contributed by atoms with Crippen LogP contribution in [0.2, 0.25) is 0 Å². The van der Waals surface area contributed by atoms with Gasteiger partial charge in [-0.1, -0.05) is 0 Å². The van der Waals surface area contributed by atoms with Crippen LogP contribution in [0.25, 0.3) is 0 Å². The molecule has 8 heteroatoms. The zero-order chi connectivity index (χ0) is 16.5. The van der Waals surface area contributed by atoms with Crippen LogP contribution in [0.15, 0.2) is 17.1 Å². The molecular weight excluding hydrogens is 308 g/mol. The number of piperazine rings is 1. The minimum Gasteiger partial charge on any atom is -0.352 e. The predicted molar refractivity (Wildman–Crippen MR) is 88.2 cm³/mol. The number of H-pyrrole nitrogens is 2. The number of rotatable bonds is 2. The molecule has 0 bridgehead atoms. The summed E-state index contributed by atoms with van der Waals surface area (Å²) < 4.78 is 0. The van der Waals surface area contributed by atoms with E-state index in [0.29, 0.717) is 31.9 Å². The van der Waals surface area contributed by atoms with Crippen LogP contribution < -0.4 is 10.6 Å². The standard InChI is InChI=1S/C16H20N6O2/c23-15(13-10-17-16(24)18-13)22-7-5-21(6-8-22)14-9-11-3-1-2-4-12(11)19-20-14/h9-10H,1-8H2,(H2,17,18,24). The van der Waals surface area contributed by atoms with Gasteiger partial charge in [-0.05, 0) is 37.3 Å². The molecule has 1 saturated heterocycles. The van der Waals surface area contributed by atoms with Crippen LogP contribution >= 0.6 is 0 Å². The van der Waals surface area contributed by atoms with Crippen LogP contribution in [0.1, 0.15) is 34.6 Å². The molecule has 2 N–H and O–H groups in total. The van der Waals surface area contributed by atoms with Crippen LogP contribution in [-0.4, -0.2) is 57.2 Å². The second-order valence-corrected chi connectivity index (χ2v) is 6.32. The van der Waals surface area contributed by atoms with E-state index in [0.717, 1.165) is 24.4 Å². The minimum atomic E-state index is -0.360. The van der Waals surface area contributed by atoms with Crippen LogP contribution in [0.4, 0.5) is 5.82 Å². The normalized spacial score (nSPS) is 17.7. The van der Waals surface area contributed by atoms with Crippen molar-refractivity contribution < 1.29 is 4.79 Å². The van der Waals surface area contributed by atoms with Gasteiger partial charge in [0, 0.05) is 32.4 Å². The number of hydrogen-bond acceptors (Lipinski definition) is 5. The summed E-state index contributed by atoms with van der Waals surface area (Å²) in [6.45, 7) is 2.64. The maximum atomic E-state index is 12.3. The van der Waals surface area contributed by atoms with E-state index in [4.69, 9.17) is 0 Å². The Balaban J connectivity index is 1.42. The maximum absolute atomic E-state index is 12.3. The van der Waals surface area contributed by atoms with Gasteiger partial charge in [-0.15, -0.1) is 5.10 Å². The van der Waals surface area contributed by atoms with E-state index >= 15 is 0 Å². The number of imidazole rings is 1. The lowest BCUT2D eigenvalue weighted by molar-refractivity contribution is 0.0741. The fourth-order valence-corrected chi connectivity index (χ4v) is 3.39. The van der Waals surface area contributed by atoms with Crippen molar-refractivity contribution in [3.63, 3.8) is 0 Å². The lowest BCUT2D eigenvalue weighted by Gasteiger charge is -2.35. The monoisotopic (exact) mass is 328 g/mol. The zero-order valence-electron chi connectivity index (χ0n) is 13.4. The van der Waals surface area contributed by atoms with Crippen molar-refractivity contribution in [3.8, 4) is 0 Å². The van der Waals surface area contributed by atoms with Crippen LogP contribution in [0.3, 0.4) is 0 Å². The summed E-state index contributed by atoms with van der Waals surface area (Å²) in [5.74, 6) is 0.752. The Hall–Kier alpha value is -2.64. The number of anilines is 1. The Morgan fingerprint density at radius 2 is 1.88 bits per heavy atom. The van der Waals surface area contributed by atoms with Gasteiger partial charge in [0.25, 0.3) is 5.91 Å². The fraction of sp³-hybridized carbons (Fsp3) is 0.500. The lowest BCUT2D eigenvalue weighted by Crippen LogP contribution is -2.49. The van der Waals surface area contributed by atoms with E-state index in [9.17, 15) is 9.59 Å². The van der Waals surface area contributed by atoms with Gasteiger partial charge >= 0.3 is 5.69 Å². The number of nitrogens with one attached hydrogen (secondary N) is 2. The quantitative estimate of drug-likeness (QED) is 0.828. The molecule has 1 aliphatic carbocycles. The molecule has 126 valence electrons. The SMILES string of the molecule is O=C(c1c[nH]c(=O)[nH]1)N1CCN(c2cc3c(nn2)CCCC3)CC1. The largest absolute Gasteiger partial charge is 0.352 e. The van der Waals surface area contributed by atoms with Crippen molar-refractivity contribution in [3.05, 3.63) is 39.7 Å². The molecule has 0 unspecified atom stereocenters. The van der Waals surface area contributed by atoms with E-state index < -0.39 is 0 Å². The van der Waals surface area contributed by atoms with Crippen LogP contribution in [0, 0.1) is 0 Å². The van der Waals surface area contributed by atoms with E-state index in [1.54, 1.807) is 4.90 Å². The summed E-state index contributed by atoms with van der Waals surface area (Å²) in [7, 11) is 0. The summed E-state index contributed by atoms with van der Waals surface area (Å²) in [5.41, 5.74) is 2.40. The number of carbonyl (C=O) groups is 1. The van der Waals surface area contributed by atoms with Gasteiger partial charge in [-0.2, -0.15) is 5.10 Å². The molecule has 0 atom stereocenters. The van der Waals surface area contributed by atoms with Crippen molar-refractivity contribution in [1.82, 2.24) is 25.1 Å². The van der Waals surface area contributed by atoms with Crippen molar-refractivity contribution in [2.75, 3.05) is 31.1 Å². The van der Waals surface area contributed by atoms with Gasteiger partial charge in [-0.3, -0.25) is 4.79 Å². The number of carbonyl (C=O) groups excluding carboxylic acids is 1. The fourth-order valence-electron chi connectivity index (χ4n) is 3.39. The summed E-state index contributed by atoms with van der Waals surface area (Å²) in [6.07, 6.45) is 5.95. The zero-order valence-corrected chi connectivity index (χ0v) is 13.4. The number of fused-ring (bicyclic) bond motifs is 1. The van der Waals surface area contributed by atoms with Gasteiger partial charge < -0.3 is 19.8 Å². The molecule has 1 amide bonds. The summed E-state index contributed by atoms with van der Waals surface area (Å²) in [5, 5.41) is 8.75. The number of aromatic amines is 2. The van der Waals surface area contributed by atoms with Gasteiger partial charge in [0.15, 0.2) is 5.82 Å². The molecule has 2 aromatic heterocycles. The first-order chi connectivity index (χ1) is 11.7. The van der Waals surface area contributed by atoms with Crippen molar-refractivity contribution in [2.24, 2.45) is 0 Å². The minimum absolute atomic E-state index is 0.149. The molecule has 0 aromatic carbocycles. The van der Waals surface area contributed by atoms with E-state index in [1.807, 2.05) is 0 Å². The Morgan fingerprint density at radius 3 is 2.62 bits per heavy atom. The first kappa shape index (κ1) is 14.9. The highest BCUT2D eigenvalue weighted by atomic mass is 16.2. The highest BCUT2D eigenvalue weighted by Crippen LogP contribution is 2.23. The van der Waals surface area contributed by atoms with E-state index in [2.05, 4.69) is 31.1 Å². The van der Waals surface area contributed by atoms with Crippen molar-refractivity contribution >= 4 is 11.7 Å². The molecule has 1 fully saturated rings. The number of aromatic nitrogens is 4. The molecule has 2 aliphatic rings. The molecule has 4 rings (SSSR count). The van der Waals surface area contributed by atoms with Crippen LogP contribution in [0.5, 0.6) is 0 Å². The Morgan fingerprint density at radius 1 is 1.08 bits per heavy atom. The highest BCUT2D eigenvalue weighted by molar-refractivity contribution is 5.92. The summed E-state index contributed by atoms with van der Waals surface area (Å²) in [4.78, 5) is 32.4. The molecule has 0 spiro atoms. The molecule has 1 aliphatic heterocycles. The first-order valence-electron chi connectivity index (χ1n) is 8.38. The number of hydrogen-bond donors (Lipinski definition) is 2. The topological polar surface area (TPSA) is 98.0 Å². The molecule has 0 saturated carbocycles. The average Bonchev–Trinajstić information content (AvgIpc) is 3.07. The predicted octanol–water partition coefficient (Wildman–Crippen LogP) is 0.334. The molecular formula is C16H20N6O2. The third kappa shape index (κ3) is 2.79. The number of nitrogens with zero attached hydrogens (tertiary/aromatic N) is 4. The maximum Gasteiger partial charge on any atom is 0.323 e. The number of amides is 1. The van der Waals surface area contributed by atoms with Gasteiger partial charge in [0.2, 0.25) is 0 Å². The third-order valence-electron chi connectivity index (χ3n) is 4.77. The molecule has 0 radical (unpaired) electrons. The molecule has 8 nitrogen and oxygen atoms in total. The Bertz CT molecular complexity index is 803. The summed E-state index contributed by atoms with van der Waals surface area (Å²) >= 11 is 0. The van der Waals surface area contributed by atoms with E-state index in [-0.39, 0.29) is 11.6 Å². The second kappa shape index (κ2) is 6.10. The highest BCUT2D eigenvalue weighted by Gasteiger charge is 2.24. The second-order valence-electron chi connectivity index (χ2n) is 6.32. The van der Waals surface area contributed by atoms with Crippen molar-refractivity contribution in [1.29, 1.82) is 0 Å². The molecule has 3 heterocycles. The van der Waals surface area contributed by atoms with Gasteiger partial charge in [0.05, 0.1) is 5.69 Å². The molecule has 2 aromatic rings. The Kier molecular flexibility index (Phi) is 3.79. The van der Waals surface area contributed by atoms with E-state index in [1.165, 1.54) is 24.6 Å². The lowest BCUT2D eigenvalue weighted by atomic mass is 9.97. The van der Waals surface area contributed by atoms with Crippen LogP contribution in [-0.2, 0) is 12.8 Å². The average molecular weight is 328 g/mol. The summed E-state index contributed by atoms with van der Waals surface area (Å²) in [6, 6.07) is 2.16. The number of aryl methyl sites for hydroxylation is 2. The first-order valence-corrected chi connectivity index (χ1v) is 8.38. The third-order valence-corrected chi connectivity index (χ3v) is 4.77. The van der Waals surface area contributed by atoms with Gasteiger partial charge in [-0.25, -0.2) is 4.79 Å². The molecule has 24 heavy (non-hydrogen) atoms. The van der Waals surface area contributed by atoms with Gasteiger partial charge in [0.1, 0.15) is 5.69 Å². The van der Waals surface area contributed by atoms with Crippen molar-refractivity contribution in [2.45, 2.75) is 25.7 Å².